The third-order valence-electron chi connectivity index (χ3n) is 11.1. The summed E-state index contributed by atoms with van der Waals surface area (Å²) in [5, 5.41) is 30.1. The Morgan fingerprint density at radius 2 is 0.875 bits per heavy atom. The summed E-state index contributed by atoms with van der Waals surface area (Å²) in [6.45, 7) is 0. The number of nitro groups is 2. The zero-order valence-electron chi connectivity index (χ0n) is 34.4. The minimum atomic E-state index is -0.584. The Balaban J connectivity index is 0.000000144. The minimum absolute atomic E-state index is 0.0185. The molecule has 8 aromatic rings. The van der Waals surface area contributed by atoms with Crippen LogP contribution in [0.2, 0.25) is 0 Å². The van der Waals surface area contributed by atoms with E-state index in [-0.39, 0.29) is 22.0 Å². The van der Waals surface area contributed by atoms with Crippen molar-refractivity contribution >= 4 is 57.3 Å². The predicted molar refractivity (Wildman–Crippen MR) is 259 cm³/mol. The Morgan fingerprint density at radius 3 is 1.38 bits per heavy atom. The number of allylic oxidation sites excluding steroid dienone is 2. The van der Waals surface area contributed by atoms with E-state index < -0.39 is 4.92 Å². The Morgan fingerprint density at radius 1 is 0.453 bits per heavy atom. The molecule has 8 aromatic carbocycles. The Labute approximate surface area is 380 Å². The fourth-order valence-corrected chi connectivity index (χ4v) is 8.59. The zero-order chi connectivity index (χ0) is 44.4. The van der Waals surface area contributed by atoms with Gasteiger partial charge in [0, 0.05) is 16.6 Å². The Bertz CT molecular complexity index is 3020. The van der Waals surface area contributed by atoms with Crippen molar-refractivity contribution in [3.63, 3.8) is 0 Å². The van der Waals surface area contributed by atoms with Crippen molar-refractivity contribution in [2.75, 3.05) is 0 Å². The molecule has 1 N–H and O–H groups in total. The van der Waals surface area contributed by atoms with Gasteiger partial charge in [0.1, 0.15) is 0 Å². The molecule has 64 heavy (non-hydrogen) atoms. The average Bonchev–Trinajstić information content (AvgIpc) is 3.92. The highest BCUT2D eigenvalue weighted by Crippen LogP contribution is 2.45. The minimum Gasteiger partial charge on any atom is -0.533 e. The molecule has 0 aromatic heterocycles. The first-order chi connectivity index (χ1) is 31.3. The molecule has 0 fully saturated rings. The smallest absolute Gasteiger partial charge is 0.533 e. The van der Waals surface area contributed by atoms with Gasteiger partial charge in [0.15, 0.2) is 5.75 Å². The van der Waals surface area contributed by atoms with Crippen LogP contribution >= 0.6 is 15.9 Å². The summed E-state index contributed by atoms with van der Waals surface area (Å²) < 4.78 is 5.62. The third kappa shape index (κ3) is 9.54. The Hall–Kier alpha value is -7.66. The number of hydrogen-bond donors (Lipinski definition) is 1. The highest BCUT2D eigenvalue weighted by molar-refractivity contribution is 9.10. The van der Waals surface area contributed by atoms with Crippen molar-refractivity contribution in [2.45, 2.75) is 12.8 Å². The number of fused-ring (bicyclic) bond motifs is 2. The van der Waals surface area contributed by atoms with Gasteiger partial charge in [-0.25, -0.2) is 0 Å². The van der Waals surface area contributed by atoms with Crippen LogP contribution in [0.5, 0.6) is 5.75 Å². The van der Waals surface area contributed by atoms with Gasteiger partial charge in [-0.05, 0) is 116 Å². The van der Waals surface area contributed by atoms with Gasteiger partial charge in [0.2, 0.25) is 0 Å². The standard InChI is InChI=1S/C27H19NO2.C21H15Br.C6H5BNO4/c29-28(30)26-14-8-7-13-23(26)21-15-16-22-18-24(19-9-3-1-4-10-19)27(25(22)17-21)20-11-5-2-6-12-20;22-18-12-11-17-13-19(15-7-3-1-4-8-15)21(20(17)14-18)16-9-5-2-6-10-16;9-7-12-6-4-2-1-3-5(6)8(10)11/h1-17H,18H2;1-12,14H,13H2;1-4,9H. The van der Waals surface area contributed by atoms with E-state index in [1.165, 1.54) is 73.9 Å². The molecule has 2 aliphatic rings. The monoisotopic (exact) mass is 901 g/mol. The van der Waals surface area contributed by atoms with Crippen LogP contribution in [-0.4, -0.2) is 22.6 Å². The molecule has 0 bridgehead atoms. The van der Waals surface area contributed by atoms with Gasteiger partial charge in [-0.2, -0.15) is 0 Å². The molecule has 0 heterocycles. The van der Waals surface area contributed by atoms with E-state index in [1.807, 2.05) is 30.3 Å². The molecular weight excluding hydrogens is 863 g/mol. The lowest BCUT2D eigenvalue weighted by molar-refractivity contribution is -0.385. The van der Waals surface area contributed by atoms with Crippen molar-refractivity contribution < 1.29 is 19.5 Å². The fourth-order valence-electron chi connectivity index (χ4n) is 8.23. The molecule has 0 saturated carbocycles. The maximum absolute atomic E-state index is 11.5. The van der Waals surface area contributed by atoms with Crippen LogP contribution in [0.25, 0.3) is 33.4 Å². The molecule has 0 saturated heterocycles. The normalized spacial score (nSPS) is 12.2. The summed E-state index contributed by atoms with van der Waals surface area (Å²) >= 11 is 3.62. The molecule has 311 valence electrons. The lowest BCUT2D eigenvalue weighted by atomic mass is 9.92. The highest BCUT2D eigenvalue weighted by atomic mass is 79.9. The van der Waals surface area contributed by atoms with Gasteiger partial charge in [0.05, 0.1) is 15.4 Å². The van der Waals surface area contributed by atoms with Crippen molar-refractivity contribution in [3.8, 4) is 16.9 Å². The maximum atomic E-state index is 11.5. The van der Waals surface area contributed by atoms with E-state index in [9.17, 15) is 20.2 Å². The van der Waals surface area contributed by atoms with Crippen LogP contribution in [0.3, 0.4) is 0 Å². The van der Waals surface area contributed by atoms with E-state index in [0.717, 1.165) is 34.0 Å². The van der Waals surface area contributed by atoms with Crippen LogP contribution in [-0.2, 0) is 12.8 Å². The fraction of sp³-hybridized carbons (Fsp3) is 0.0370. The largest absolute Gasteiger partial charge is 0.569 e. The average molecular weight is 903 g/mol. The molecule has 10 heteroatoms. The number of para-hydroxylation sites is 3. The van der Waals surface area contributed by atoms with Crippen molar-refractivity contribution in [2.24, 2.45) is 0 Å². The predicted octanol–water partition coefficient (Wildman–Crippen LogP) is 13.2. The molecule has 2 aliphatic carbocycles. The number of halogens is 1. The summed E-state index contributed by atoms with van der Waals surface area (Å²) in [4.78, 5) is 21.0. The van der Waals surface area contributed by atoms with Gasteiger partial charge in [-0.15, -0.1) is 0 Å². The van der Waals surface area contributed by atoms with E-state index in [2.05, 4.69) is 160 Å². The molecule has 0 amide bonds. The number of nitro benzene ring substituents is 2. The summed E-state index contributed by atoms with van der Waals surface area (Å²) in [5.41, 5.74) is 16.9. The summed E-state index contributed by atoms with van der Waals surface area (Å²) in [5.74, 6) is 0.0185. The van der Waals surface area contributed by atoms with Crippen LogP contribution < -0.4 is 4.65 Å². The number of rotatable bonds is 9. The van der Waals surface area contributed by atoms with Gasteiger partial charge in [-0.1, -0.05) is 180 Å². The summed E-state index contributed by atoms with van der Waals surface area (Å²) in [7, 11) is 0.405. The summed E-state index contributed by atoms with van der Waals surface area (Å²) in [6.07, 6.45) is 1.84. The maximum Gasteiger partial charge on any atom is 0.569 e. The van der Waals surface area contributed by atoms with Gasteiger partial charge >= 0.3 is 13.4 Å². The number of benzene rings is 8. The van der Waals surface area contributed by atoms with Crippen LogP contribution in [0.4, 0.5) is 11.4 Å². The molecule has 8 nitrogen and oxygen atoms in total. The second-order valence-electron chi connectivity index (χ2n) is 14.9. The lowest BCUT2D eigenvalue weighted by Crippen LogP contribution is -2.02. The van der Waals surface area contributed by atoms with E-state index in [4.69, 9.17) is 5.02 Å². The second-order valence-corrected chi connectivity index (χ2v) is 15.8. The molecule has 0 aliphatic heterocycles. The summed E-state index contributed by atoms with van der Waals surface area (Å²) in [6, 6.07) is 67.8. The zero-order valence-corrected chi connectivity index (χ0v) is 36.0. The number of hydrogen-bond acceptors (Lipinski definition) is 6. The van der Waals surface area contributed by atoms with Crippen LogP contribution in [0, 0.1) is 20.2 Å². The van der Waals surface area contributed by atoms with Crippen LogP contribution in [0.15, 0.2) is 211 Å². The topological polar surface area (TPSA) is 116 Å². The first-order valence-electron chi connectivity index (χ1n) is 20.5. The van der Waals surface area contributed by atoms with Gasteiger partial charge in [-0.3, -0.25) is 20.2 Å². The lowest BCUT2D eigenvalue weighted by Gasteiger charge is -2.11. The SMILES string of the molecule is Brc1ccc2c(c1)C(c1ccccc1)=C(c1ccccc1)C2.O=[N+]([O-])c1ccccc1-c1ccc2c(c1)C(c1ccccc1)=C(c1ccccc1)C2.O=[N+]([O-])c1ccccc1O[B]O. The number of nitrogens with zero attached hydrogens (tertiary/aromatic N) is 2. The van der Waals surface area contributed by atoms with Crippen molar-refractivity contribution in [1.82, 2.24) is 0 Å². The molecule has 10 rings (SSSR count). The van der Waals surface area contributed by atoms with E-state index in [0.29, 0.717) is 13.2 Å². The van der Waals surface area contributed by atoms with Crippen molar-refractivity contribution in [1.29, 1.82) is 0 Å². The first-order valence-corrected chi connectivity index (χ1v) is 21.3. The molecule has 0 atom stereocenters. The van der Waals surface area contributed by atoms with Gasteiger partial charge in [0.25, 0.3) is 5.69 Å². The first kappa shape index (κ1) is 43.0. The van der Waals surface area contributed by atoms with Gasteiger partial charge < -0.3 is 9.68 Å². The van der Waals surface area contributed by atoms with E-state index >= 15 is 0 Å². The Kier molecular flexibility index (Phi) is 13.5. The van der Waals surface area contributed by atoms with Crippen molar-refractivity contribution in [3.05, 3.63) is 275 Å². The molecule has 0 unspecified atom stereocenters. The quantitative estimate of drug-likeness (QED) is 0.0876. The third-order valence-corrected chi connectivity index (χ3v) is 11.6. The highest BCUT2D eigenvalue weighted by Gasteiger charge is 2.26. The molecular formula is C54H39BBrN2O6. The van der Waals surface area contributed by atoms with Crippen LogP contribution in [0.1, 0.15) is 44.5 Å². The second kappa shape index (κ2) is 20.0. The van der Waals surface area contributed by atoms with E-state index in [1.54, 1.807) is 18.2 Å². The molecule has 0 spiro atoms. The molecule has 1 radical (unpaired) electrons.